The van der Waals surface area contributed by atoms with Crippen LogP contribution in [0.15, 0.2) is 18.2 Å². The fourth-order valence-electron chi connectivity index (χ4n) is 1.55. The van der Waals surface area contributed by atoms with Gasteiger partial charge in [0, 0.05) is 0 Å². The standard InChI is InChI=1S/C12H13N3O/c1-8-4-5-11(6-9(8)2)15-10(3)12(7-16)13-14-15/h4-7H,1-3H3. The van der Waals surface area contributed by atoms with Gasteiger partial charge in [-0.15, -0.1) is 5.10 Å². The number of carbonyl (C=O) groups is 1. The predicted molar refractivity (Wildman–Crippen MR) is 61.0 cm³/mol. The summed E-state index contributed by atoms with van der Waals surface area (Å²) < 4.78 is 1.68. The Labute approximate surface area is 93.9 Å². The maximum atomic E-state index is 10.7. The van der Waals surface area contributed by atoms with Crippen LogP contribution in [0.4, 0.5) is 0 Å². The van der Waals surface area contributed by atoms with Crippen molar-refractivity contribution in [3.63, 3.8) is 0 Å². The third kappa shape index (κ3) is 1.62. The van der Waals surface area contributed by atoms with Crippen LogP contribution in [0, 0.1) is 20.8 Å². The minimum Gasteiger partial charge on any atom is -0.296 e. The van der Waals surface area contributed by atoms with Crippen LogP contribution in [0.2, 0.25) is 0 Å². The van der Waals surface area contributed by atoms with E-state index in [1.54, 1.807) is 4.68 Å². The molecule has 4 heteroatoms. The smallest absolute Gasteiger partial charge is 0.172 e. The molecular weight excluding hydrogens is 202 g/mol. The Morgan fingerprint density at radius 3 is 2.50 bits per heavy atom. The molecule has 0 radical (unpaired) electrons. The van der Waals surface area contributed by atoms with E-state index >= 15 is 0 Å². The summed E-state index contributed by atoms with van der Waals surface area (Å²) in [5.74, 6) is 0. The van der Waals surface area contributed by atoms with E-state index in [1.165, 1.54) is 11.1 Å². The van der Waals surface area contributed by atoms with Gasteiger partial charge in [0.05, 0.1) is 11.4 Å². The Kier molecular flexibility index (Phi) is 2.56. The first-order valence-corrected chi connectivity index (χ1v) is 5.08. The minimum absolute atomic E-state index is 0.387. The van der Waals surface area contributed by atoms with Gasteiger partial charge in [0.15, 0.2) is 6.29 Å². The van der Waals surface area contributed by atoms with E-state index in [0.717, 1.165) is 17.7 Å². The molecule has 0 atom stereocenters. The molecule has 0 aliphatic rings. The predicted octanol–water partition coefficient (Wildman–Crippen LogP) is 2.01. The van der Waals surface area contributed by atoms with Crippen LogP contribution < -0.4 is 0 Å². The van der Waals surface area contributed by atoms with E-state index in [9.17, 15) is 4.79 Å². The summed E-state index contributed by atoms with van der Waals surface area (Å²) in [7, 11) is 0. The number of aromatic nitrogens is 3. The average Bonchev–Trinajstić information content (AvgIpc) is 2.64. The molecule has 0 amide bonds. The zero-order valence-electron chi connectivity index (χ0n) is 9.56. The number of benzene rings is 1. The largest absolute Gasteiger partial charge is 0.296 e. The third-order valence-corrected chi connectivity index (χ3v) is 2.78. The Morgan fingerprint density at radius 1 is 1.19 bits per heavy atom. The molecule has 1 aromatic carbocycles. The molecule has 1 heterocycles. The van der Waals surface area contributed by atoms with E-state index in [2.05, 4.69) is 17.2 Å². The van der Waals surface area contributed by atoms with Crippen LogP contribution in [0.25, 0.3) is 5.69 Å². The van der Waals surface area contributed by atoms with Crippen LogP contribution in [0.1, 0.15) is 27.3 Å². The second kappa shape index (κ2) is 3.89. The highest BCUT2D eigenvalue weighted by Crippen LogP contribution is 2.15. The zero-order valence-corrected chi connectivity index (χ0v) is 9.56. The maximum Gasteiger partial charge on any atom is 0.172 e. The molecule has 1 aromatic heterocycles. The Morgan fingerprint density at radius 2 is 1.94 bits per heavy atom. The first kappa shape index (κ1) is 10.5. The van der Waals surface area contributed by atoms with Gasteiger partial charge in [0.25, 0.3) is 0 Å². The SMILES string of the molecule is Cc1ccc(-n2nnc(C=O)c2C)cc1C. The summed E-state index contributed by atoms with van der Waals surface area (Å²) in [6, 6.07) is 6.04. The van der Waals surface area contributed by atoms with Gasteiger partial charge in [-0.2, -0.15) is 0 Å². The van der Waals surface area contributed by atoms with Gasteiger partial charge in [-0.3, -0.25) is 4.79 Å². The van der Waals surface area contributed by atoms with Gasteiger partial charge in [-0.25, -0.2) is 4.68 Å². The zero-order chi connectivity index (χ0) is 11.7. The van der Waals surface area contributed by atoms with Gasteiger partial charge in [0.2, 0.25) is 0 Å². The molecule has 0 saturated carbocycles. The Bertz CT molecular complexity index is 543. The molecule has 82 valence electrons. The number of rotatable bonds is 2. The van der Waals surface area contributed by atoms with Gasteiger partial charge >= 0.3 is 0 Å². The second-order valence-corrected chi connectivity index (χ2v) is 3.86. The summed E-state index contributed by atoms with van der Waals surface area (Å²) in [5.41, 5.74) is 4.51. The lowest BCUT2D eigenvalue weighted by molar-refractivity contribution is 0.111. The Balaban J connectivity index is 2.54. The van der Waals surface area contributed by atoms with Gasteiger partial charge < -0.3 is 0 Å². The first-order valence-electron chi connectivity index (χ1n) is 5.08. The number of aryl methyl sites for hydroxylation is 2. The van der Waals surface area contributed by atoms with Crippen LogP contribution in [-0.4, -0.2) is 21.3 Å². The molecule has 2 rings (SSSR count). The van der Waals surface area contributed by atoms with Crippen LogP contribution in [0.3, 0.4) is 0 Å². The van der Waals surface area contributed by atoms with E-state index in [4.69, 9.17) is 0 Å². The van der Waals surface area contributed by atoms with Gasteiger partial charge in [0.1, 0.15) is 5.69 Å². The average molecular weight is 215 g/mol. The van der Waals surface area contributed by atoms with Gasteiger partial charge in [-0.05, 0) is 44.0 Å². The highest BCUT2D eigenvalue weighted by atomic mass is 16.1. The van der Waals surface area contributed by atoms with Crippen molar-refractivity contribution in [2.24, 2.45) is 0 Å². The lowest BCUT2D eigenvalue weighted by Crippen LogP contribution is -2.00. The van der Waals surface area contributed by atoms with Crippen LogP contribution in [0.5, 0.6) is 0 Å². The van der Waals surface area contributed by atoms with Crippen molar-refractivity contribution in [2.75, 3.05) is 0 Å². The molecule has 16 heavy (non-hydrogen) atoms. The number of aldehydes is 1. The number of hydrogen-bond donors (Lipinski definition) is 0. The molecule has 0 saturated heterocycles. The van der Waals surface area contributed by atoms with Crippen LogP contribution >= 0.6 is 0 Å². The third-order valence-electron chi connectivity index (χ3n) is 2.78. The number of hydrogen-bond acceptors (Lipinski definition) is 3. The van der Waals surface area contributed by atoms with Crippen molar-refractivity contribution in [1.29, 1.82) is 0 Å². The lowest BCUT2D eigenvalue weighted by Gasteiger charge is -2.06. The molecule has 0 aliphatic heterocycles. The van der Waals surface area contributed by atoms with Crippen molar-refractivity contribution in [3.05, 3.63) is 40.7 Å². The summed E-state index contributed by atoms with van der Waals surface area (Å²) >= 11 is 0. The Hall–Kier alpha value is -1.97. The molecule has 0 spiro atoms. The number of nitrogens with zero attached hydrogens (tertiary/aromatic N) is 3. The van der Waals surface area contributed by atoms with E-state index in [1.807, 2.05) is 32.0 Å². The summed E-state index contributed by atoms with van der Waals surface area (Å²) in [6.45, 7) is 5.94. The van der Waals surface area contributed by atoms with Crippen molar-refractivity contribution < 1.29 is 4.79 Å². The highest BCUT2D eigenvalue weighted by molar-refractivity contribution is 5.73. The molecule has 2 aromatic rings. The molecule has 0 bridgehead atoms. The molecule has 0 unspecified atom stereocenters. The van der Waals surface area contributed by atoms with Crippen LogP contribution in [-0.2, 0) is 0 Å². The maximum absolute atomic E-state index is 10.7. The molecule has 0 aliphatic carbocycles. The molecule has 4 nitrogen and oxygen atoms in total. The summed E-state index contributed by atoms with van der Waals surface area (Å²) in [5, 5.41) is 7.77. The van der Waals surface area contributed by atoms with E-state index in [0.29, 0.717) is 5.69 Å². The van der Waals surface area contributed by atoms with Gasteiger partial charge in [-0.1, -0.05) is 11.3 Å². The topological polar surface area (TPSA) is 47.8 Å². The molecular formula is C12H13N3O. The fourth-order valence-corrected chi connectivity index (χ4v) is 1.55. The van der Waals surface area contributed by atoms with Crippen molar-refractivity contribution in [2.45, 2.75) is 20.8 Å². The summed E-state index contributed by atoms with van der Waals surface area (Å²) in [6.07, 6.45) is 0.722. The van der Waals surface area contributed by atoms with Crippen molar-refractivity contribution >= 4 is 6.29 Å². The van der Waals surface area contributed by atoms with Crippen molar-refractivity contribution in [3.8, 4) is 5.69 Å². The normalized spacial score (nSPS) is 10.4. The lowest BCUT2D eigenvalue weighted by atomic mass is 10.1. The second-order valence-electron chi connectivity index (χ2n) is 3.86. The highest BCUT2D eigenvalue weighted by Gasteiger charge is 2.09. The quantitative estimate of drug-likeness (QED) is 0.720. The monoisotopic (exact) mass is 215 g/mol. The van der Waals surface area contributed by atoms with E-state index < -0.39 is 0 Å². The minimum atomic E-state index is 0.387. The molecule has 0 fully saturated rings. The first-order chi connectivity index (χ1) is 7.63. The summed E-state index contributed by atoms with van der Waals surface area (Å²) in [4.78, 5) is 10.7. The van der Waals surface area contributed by atoms with Crippen molar-refractivity contribution in [1.82, 2.24) is 15.0 Å². The molecule has 0 N–H and O–H groups in total. The number of carbonyl (C=O) groups excluding carboxylic acids is 1. The fraction of sp³-hybridized carbons (Fsp3) is 0.250. The van der Waals surface area contributed by atoms with E-state index in [-0.39, 0.29) is 0 Å².